The lowest BCUT2D eigenvalue weighted by Gasteiger charge is -2.23. The first-order valence-corrected chi connectivity index (χ1v) is 5.53. The molecular weight excluding hydrogens is 188 g/mol. The molecule has 1 fully saturated rings. The molecule has 0 amide bonds. The smallest absolute Gasteiger partial charge is 0.213 e. The van der Waals surface area contributed by atoms with Gasteiger partial charge in [-0.25, -0.2) is 4.98 Å². The van der Waals surface area contributed by atoms with Crippen LogP contribution in [0.15, 0.2) is 12.1 Å². The molecule has 1 aromatic heterocycles. The molecule has 1 unspecified atom stereocenters. The van der Waals surface area contributed by atoms with E-state index < -0.39 is 0 Å². The van der Waals surface area contributed by atoms with E-state index in [0.717, 1.165) is 24.7 Å². The van der Waals surface area contributed by atoms with Gasteiger partial charge in [0.05, 0.1) is 7.11 Å². The van der Waals surface area contributed by atoms with Gasteiger partial charge in [-0.1, -0.05) is 0 Å². The Morgan fingerprint density at radius 1 is 1.47 bits per heavy atom. The van der Waals surface area contributed by atoms with Gasteiger partial charge >= 0.3 is 0 Å². The topological polar surface area (TPSA) is 34.1 Å². The predicted octanol–water partition coefficient (Wildman–Crippen LogP) is 1.87. The van der Waals surface area contributed by atoms with Crippen LogP contribution >= 0.6 is 0 Å². The summed E-state index contributed by atoms with van der Waals surface area (Å²) in [5.41, 5.74) is 2.39. The second-order valence-corrected chi connectivity index (χ2v) is 4.13. The zero-order chi connectivity index (χ0) is 10.7. The van der Waals surface area contributed by atoms with Gasteiger partial charge in [0.25, 0.3) is 0 Å². The average molecular weight is 206 g/mol. The number of hydrogen-bond donors (Lipinski definition) is 1. The van der Waals surface area contributed by atoms with Crippen LogP contribution in [0.1, 0.15) is 30.0 Å². The maximum Gasteiger partial charge on any atom is 0.213 e. The van der Waals surface area contributed by atoms with E-state index in [0.29, 0.717) is 5.92 Å². The third-order valence-electron chi connectivity index (χ3n) is 2.93. The number of rotatable bonds is 2. The number of aryl methyl sites for hydroxylation is 1. The molecule has 3 nitrogen and oxygen atoms in total. The molecule has 0 aliphatic carbocycles. The van der Waals surface area contributed by atoms with Gasteiger partial charge in [0.2, 0.25) is 5.88 Å². The Kier molecular flexibility index (Phi) is 3.21. The SMILES string of the molecule is COc1cc(C2CCCNC2)cc(C)n1. The Balaban J connectivity index is 2.22. The predicted molar refractivity (Wildman–Crippen MR) is 60.4 cm³/mol. The van der Waals surface area contributed by atoms with Crippen LogP contribution in [0.4, 0.5) is 0 Å². The van der Waals surface area contributed by atoms with Crippen LogP contribution in [-0.4, -0.2) is 25.2 Å². The van der Waals surface area contributed by atoms with Gasteiger partial charge in [0, 0.05) is 18.3 Å². The molecule has 15 heavy (non-hydrogen) atoms. The monoisotopic (exact) mass is 206 g/mol. The van der Waals surface area contributed by atoms with E-state index in [9.17, 15) is 0 Å². The Labute approximate surface area is 90.9 Å². The van der Waals surface area contributed by atoms with Crippen molar-refractivity contribution in [3.8, 4) is 5.88 Å². The highest BCUT2D eigenvalue weighted by atomic mass is 16.5. The molecule has 1 aromatic rings. The summed E-state index contributed by atoms with van der Waals surface area (Å²) < 4.78 is 5.19. The minimum absolute atomic E-state index is 0.620. The van der Waals surface area contributed by atoms with Crippen LogP contribution < -0.4 is 10.1 Å². The highest BCUT2D eigenvalue weighted by Gasteiger charge is 2.16. The molecule has 1 saturated heterocycles. The second-order valence-electron chi connectivity index (χ2n) is 4.13. The molecule has 0 aromatic carbocycles. The molecular formula is C12H18N2O. The molecule has 1 aliphatic rings. The van der Waals surface area contributed by atoms with E-state index in [2.05, 4.69) is 22.4 Å². The van der Waals surface area contributed by atoms with Crippen LogP contribution in [0.5, 0.6) is 5.88 Å². The molecule has 0 radical (unpaired) electrons. The van der Waals surface area contributed by atoms with Gasteiger partial charge in [-0.05, 0) is 43.9 Å². The highest BCUT2D eigenvalue weighted by Crippen LogP contribution is 2.25. The third-order valence-corrected chi connectivity index (χ3v) is 2.93. The zero-order valence-corrected chi connectivity index (χ0v) is 9.42. The highest BCUT2D eigenvalue weighted by molar-refractivity contribution is 5.28. The largest absolute Gasteiger partial charge is 0.481 e. The number of piperidine rings is 1. The summed E-state index contributed by atoms with van der Waals surface area (Å²) in [5, 5.41) is 3.43. The Bertz CT molecular complexity index is 332. The number of methoxy groups -OCH3 is 1. The molecule has 2 rings (SSSR count). The summed E-state index contributed by atoms with van der Waals surface area (Å²) in [5.74, 6) is 1.35. The van der Waals surface area contributed by atoms with Crippen molar-refractivity contribution in [3.63, 3.8) is 0 Å². The third kappa shape index (κ3) is 2.48. The Hall–Kier alpha value is -1.09. The van der Waals surface area contributed by atoms with E-state index in [1.165, 1.54) is 18.4 Å². The number of hydrogen-bond acceptors (Lipinski definition) is 3. The number of aromatic nitrogens is 1. The van der Waals surface area contributed by atoms with E-state index in [-0.39, 0.29) is 0 Å². The number of nitrogens with one attached hydrogen (secondary N) is 1. The first-order valence-electron chi connectivity index (χ1n) is 5.53. The minimum atomic E-state index is 0.620. The van der Waals surface area contributed by atoms with Crippen molar-refractivity contribution >= 4 is 0 Å². The first kappa shape index (κ1) is 10.4. The maximum absolute atomic E-state index is 5.19. The van der Waals surface area contributed by atoms with E-state index >= 15 is 0 Å². The average Bonchev–Trinajstić information content (AvgIpc) is 2.29. The molecule has 0 spiro atoms. The van der Waals surface area contributed by atoms with Gasteiger partial charge in [-0.3, -0.25) is 0 Å². The van der Waals surface area contributed by atoms with Gasteiger partial charge in [0.15, 0.2) is 0 Å². The summed E-state index contributed by atoms with van der Waals surface area (Å²) in [6.45, 7) is 4.24. The summed E-state index contributed by atoms with van der Waals surface area (Å²) in [6, 6.07) is 4.23. The summed E-state index contributed by atoms with van der Waals surface area (Å²) in [4.78, 5) is 4.30. The molecule has 1 atom stereocenters. The molecule has 1 N–H and O–H groups in total. The molecule has 0 bridgehead atoms. The van der Waals surface area contributed by atoms with Gasteiger partial charge < -0.3 is 10.1 Å². The molecule has 1 aliphatic heterocycles. The van der Waals surface area contributed by atoms with E-state index in [1.807, 2.05) is 6.92 Å². The fraction of sp³-hybridized carbons (Fsp3) is 0.583. The van der Waals surface area contributed by atoms with Crippen molar-refractivity contribution < 1.29 is 4.74 Å². The fourth-order valence-corrected chi connectivity index (χ4v) is 2.14. The van der Waals surface area contributed by atoms with Gasteiger partial charge in [-0.15, -0.1) is 0 Å². The zero-order valence-electron chi connectivity index (χ0n) is 9.42. The Morgan fingerprint density at radius 3 is 3.00 bits per heavy atom. The second kappa shape index (κ2) is 4.62. The van der Waals surface area contributed by atoms with E-state index in [4.69, 9.17) is 4.74 Å². The van der Waals surface area contributed by atoms with Crippen molar-refractivity contribution in [1.29, 1.82) is 0 Å². The fourth-order valence-electron chi connectivity index (χ4n) is 2.14. The van der Waals surface area contributed by atoms with Crippen molar-refractivity contribution in [2.24, 2.45) is 0 Å². The lowest BCUT2D eigenvalue weighted by atomic mass is 9.92. The number of nitrogens with zero attached hydrogens (tertiary/aromatic N) is 1. The minimum Gasteiger partial charge on any atom is -0.481 e. The summed E-state index contributed by atoms with van der Waals surface area (Å²) in [7, 11) is 1.67. The lowest BCUT2D eigenvalue weighted by Crippen LogP contribution is -2.28. The van der Waals surface area contributed by atoms with Crippen LogP contribution in [0, 0.1) is 6.92 Å². The number of pyridine rings is 1. The lowest BCUT2D eigenvalue weighted by molar-refractivity contribution is 0.393. The van der Waals surface area contributed by atoms with Crippen LogP contribution in [0.2, 0.25) is 0 Å². The maximum atomic E-state index is 5.19. The van der Waals surface area contributed by atoms with Crippen molar-refractivity contribution in [2.75, 3.05) is 20.2 Å². The number of ether oxygens (including phenoxy) is 1. The first-order chi connectivity index (χ1) is 7.29. The van der Waals surface area contributed by atoms with E-state index in [1.54, 1.807) is 7.11 Å². The summed E-state index contributed by atoms with van der Waals surface area (Å²) >= 11 is 0. The molecule has 82 valence electrons. The van der Waals surface area contributed by atoms with Crippen LogP contribution in [0.3, 0.4) is 0 Å². The van der Waals surface area contributed by atoms with Crippen LogP contribution in [0.25, 0.3) is 0 Å². The van der Waals surface area contributed by atoms with Crippen molar-refractivity contribution in [1.82, 2.24) is 10.3 Å². The van der Waals surface area contributed by atoms with Gasteiger partial charge in [-0.2, -0.15) is 0 Å². The summed E-state index contributed by atoms with van der Waals surface area (Å²) in [6.07, 6.45) is 2.52. The van der Waals surface area contributed by atoms with Crippen molar-refractivity contribution in [2.45, 2.75) is 25.7 Å². The van der Waals surface area contributed by atoms with Crippen molar-refractivity contribution in [3.05, 3.63) is 23.4 Å². The standard InChI is InChI=1S/C12H18N2O/c1-9-6-11(7-12(14-9)15-2)10-4-3-5-13-8-10/h6-7,10,13H,3-5,8H2,1-2H3. The Morgan fingerprint density at radius 2 is 2.33 bits per heavy atom. The molecule has 2 heterocycles. The molecule has 0 saturated carbocycles. The normalized spacial score (nSPS) is 21.3. The van der Waals surface area contributed by atoms with Crippen LogP contribution in [-0.2, 0) is 0 Å². The molecule has 3 heteroatoms. The van der Waals surface area contributed by atoms with Gasteiger partial charge in [0.1, 0.15) is 0 Å². The quantitative estimate of drug-likeness (QED) is 0.802.